The lowest BCUT2D eigenvalue weighted by Gasteiger charge is -2.19. The van der Waals surface area contributed by atoms with Crippen molar-refractivity contribution in [3.8, 4) is 55.6 Å². The minimum absolute atomic E-state index is 1.23. The summed E-state index contributed by atoms with van der Waals surface area (Å²) in [6.07, 6.45) is 0. The molecule has 0 atom stereocenters. The Balaban J connectivity index is 1.00. The zero-order chi connectivity index (χ0) is 39.6. The van der Waals surface area contributed by atoms with Gasteiger partial charge in [-0.1, -0.05) is 206 Å². The predicted octanol–water partition coefficient (Wildman–Crippen LogP) is 16.9. The average molecular weight is 759 g/mol. The molecule has 0 N–H and O–H groups in total. The normalized spacial score (nSPS) is 11.7. The van der Waals surface area contributed by atoms with Crippen LogP contribution in [0.5, 0.6) is 0 Å². The maximum absolute atomic E-state index is 2.39. The molecule has 0 aliphatic rings. The second-order valence-corrected chi connectivity index (χ2v) is 16.0. The van der Waals surface area contributed by atoms with Crippen LogP contribution in [0.2, 0.25) is 0 Å². The van der Waals surface area contributed by atoms with E-state index in [1.807, 2.05) is 0 Å². The third kappa shape index (κ3) is 5.53. The summed E-state index contributed by atoms with van der Waals surface area (Å²) in [5, 5.41) is 15.1. The van der Waals surface area contributed by atoms with Crippen molar-refractivity contribution in [2.24, 2.45) is 0 Å². The van der Waals surface area contributed by atoms with E-state index in [0.29, 0.717) is 0 Å². The van der Waals surface area contributed by atoms with Gasteiger partial charge in [0.1, 0.15) is 0 Å². The van der Waals surface area contributed by atoms with E-state index in [1.54, 1.807) is 0 Å². The Labute approximate surface area is 349 Å². The monoisotopic (exact) mass is 758 g/mol. The highest BCUT2D eigenvalue weighted by Crippen LogP contribution is 2.47. The van der Waals surface area contributed by atoms with Crippen LogP contribution in [-0.4, -0.2) is 0 Å². The zero-order valence-corrected chi connectivity index (χ0v) is 32.9. The molecule has 0 amide bonds. The van der Waals surface area contributed by atoms with Crippen molar-refractivity contribution in [3.63, 3.8) is 0 Å². The number of hydrogen-bond donors (Lipinski definition) is 0. The van der Waals surface area contributed by atoms with Gasteiger partial charge in [-0.25, -0.2) is 0 Å². The lowest BCUT2D eigenvalue weighted by atomic mass is 9.84. The number of hydrogen-bond acceptors (Lipinski definition) is 0. The van der Waals surface area contributed by atoms with Crippen molar-refractivity contribution in [2.75, 3.05) is 0 Å². The molecule has 0 unspecified atom stereocenters. The number of fused-ring (bicyclic) bond motifs is 6. The van der Waals surface area contributed by atoms with E-state index in [2.05, 4.69) is 231 Å². The summed E-state index contributed by atoms with van der Waals surface area (Å²) in [5.74, 6) is 0. The van der Waals surface area contributed by atoms with Crippen molar-refractivity contribution in [1.82, 2.24) is 0 Å². The molecule has 0 spiro atoms. The van der Waals surface area contributed by atoms with E-state index in [-0.39, 0.29) is 0 Å². The summed E-state index contributed by atoms with van der Waals surface area (Å²) >= 11 is 0. The molecule has 0 heterocycles. The van der Waals surface area contributed by atoms with Crippen molar-refractivity contribution < 1.29 is 0 Å². The van der Waals surface area contributed by atoms with Crippen LogP contribution in [0.3, 0.4) is 0 Å². The molecule has 0 radical (unpaired) electrons. The molecule has 0 heteroatoms. The second-order valence-electron chi connectivity index (χ2n) is 16.0. The van der Waals surface area contributed by atoms with E-state index < -0.39 is 0 Å². The maximum atomic E-state index is 2.39. The molecule has 0 aromatic heterocycles. The topological polar surface area (TPSA) is 0 Å². The first-order valence-electron chi connectivity index (χ1n) is 20.8. The van der Waals surface area contributed by atoms with Crippen LogP contribution in [0, 0.1) is 0 Å². The van der Waals surface area contributed by atoms with E-state index >= 15 is 0 Å². The summed E-state index contributed by atoms with van der Waals surface area (Å²) in [6, 6.07) is 85.0. The van der Waals surface area contributed by atoms with Gasteiger partial charge in [0.2, 0.25) is 0 Å². The molecule has 0 fully saturated rings. The van der Waals surface area contributed by atoms with Crippen molar-refractivity contribution in [3.05, 3.63) is 231 Å². The molecule has 0 saturated heterocycles. The van der Waals surface area contributed by atoms with Gasteiger partial charge < -0.3 is 0 Å². The molecule has 12 aromatic carbocycles. The van der Waals surface area contributed by atoms with E-state index in [9.17, 15) is 0 Å². The van der Waals surface area contributed by atoms with Crippen molar-refractivity contribution >= 4 is 64.6 Å². The number of benzene rings is 12. The fraction of sp³-hybridized carbons (Fsp3) is 0. The van der Waals surface area contributed by atoms with Gasteiger partial charge in [0.25, 0.3) is 0 Å². The summed E-state index contributed by atoms with van der Waals surface area (Å²) in [6.45, 7) is 0. The van der Waals surface area contributed by atoms with Gasteiger partial charge in [-0.3, -0.25) is 0 Å². The largest absolute Gasteiger partial charge is 0.0622 e. The molecule has 12 rings (SSSR count). The van der Waals surface area contributed by atoms with Crippen LogP contribution in [0.15, 0.2) is 231 Å². The van der Waals surface area contributed by atoms with Crippen LogP contribution < -0.4 is 0 Å². The minimum Gasteiger partial charge on any atom is -0.0622 e. The third-order valence-corrected chi connectivity index (χ3v) is 12.6. The second kappa shape index (κ2) is 13.9. The van der Waals surface area contributed by atoms with Crippen LogP contribution in [-0.2, 0) is 0 Å². The molecule has 0 aliphatic heterocycles. The van der Waals surface area contributed by atoms with Crippen LogP contribution in [0.4, 0.5) is 0 Å². The fourth-order valence-electron chi connectivity index (χ4n) is 9.87. The summed E-state index contributed by atoms with van der Waals surface area (Å²) in [5.41, 5.74) is 12.5. The Morgan fingerprint density at radius 2 is 0.383 bits per heavy atom. The Morgan fingerprint density at radius 3 is 0.700 bits per heavy atom. The van der Waals surface area contributed by atoms with Gasteiger partial charge in [0.05, 0.1) is 0 Å². The Bertz CT molecular complexity index is 3520. The molecule has 12 aromatic rings. The van der Waals surface area contributed by atoms with Crippen LogP contribution in [0.1, 0.15) is 0 Å². The predicted molar refractivity (Wildman–Crippen MR) is 259 cm³/mol. The highest BCUT2D eigenvalue weighted by molar-refractivity contribution is 6.23. The molecule has 0 bridgehead atoms. The average Bonchev–Trinajstić information content (AvgIpc) is 3.32. The van der Waals surface area contributed by atoms with Crippen LogP contribution in [0.25, 0.3) is 120 Å². The summed E-state index contributed by atoms with van der Waals surface area (Å²) in [7, 11) is 0. The quantitative estimate of drug-likeness (QED) is 0.153. The molecular weight excluding hydrogens is 721 g/mol. The zero-order valence-electron chi connectivity index (χ0n) is 32.9. The Hall–Kier alpha value is -7.80. The molecule has 0 aliphatic carbocycles. The molecule has 0 nitrogen and oxygen atoms in total. The molecule has 0 saturated carbocycles. The van der Waals surface area contributed by atoms with Gasteiger partial charge in [-0.05, 0) is 145 Å². The van der Waals surface area contributed by atoms with Gasteiger partial charge in [0.15, 0.2) is 0 Å². The van der Waals surface area contributed by atoms with Crippen molar-refractivity contribution in [2.45, 2.75) is 0 Å². The first-order valence-corrected chi connectivity index (χ1v) is 20.8. The molecule has 60 heavy (non-hydrogen) atoms. The first-order chi connectivity index (χ1) is 29.8. The Morgan fingerprint density at radius 1 is 0.150 bits per heavy atom. The lowest BCUT2D eigenvalue weighted by Crippen LogP contribution is -1.92. The summed E-state index contributed by atoms with van der Waals surface area (Å²) in [4.78, 5) is 0. The van der Waals surface area contributed by atoms with E-state index in [1.165, 1.54) is 120 Å². The van der Waals surface area contributed by atoms with Gasteiger partial charge in [-0.2, -0.15) is 0 Å². The van der Waals surface area contributed by atoms with E-state index in [4.69, 9.17) is 0 Å². The van der Waals surface area contributed by atoms with Crippen LogP contribution >= 0.6 is 0 Å². The van der Waals surface area contributed by atoms with Crippen molar-refractivity contribution in [1.29, 1.82) is 0 Å². The fourth-order valence-corrected chi connectivity index (χ4v) is 9.87. The first kappa shape index (κ1) is 34.3. The maximum Gasteiger partial charge on any atom is -0.00262 e. The third-order valence-electron chi connectivity index (χ3n) is 12.6. The number of rotatable bonds is 5. The van der Waals surface area contributed by atoms with Gasteiger partial charge >= 0.3 is 0 Å². The molecular formula is C60H38. The SMILES string of the molecule is c1ccc(-c2ccc3cc(-c4c5ccccc5c(-c5ccc6cc(-c7c8ccccc8c(-c8ccccc8)c8ccccc78)ccc6c5)c5ccccc45)ccc3c2)cc1. The lowest BCUT2D eigenvalue weighted by molar-refractivity contribution is 1.64. The minimum atomic E-state index is 1.23. The summed E-state index contributed by atoms with van der Waals surface area (Å²) < 4.78 is 0. The standard InChI is InChI=1S/C60H38/c1-3-15-39(16-4-1)41-27-28-43-36-46(32-29-42(43)35-41)59-53-23-11-13-25-55(53)60(56-26-14-12-24-54(56)59)48-34-31-44-37-47(33-30-45(44)38-48)58-51-21-9-7-19-49(51)57(40-17-5-2-6-18-40)50-20-8-10-22-52(50)58/h1-38H. The smallest absolute Gasteiger partial charge is 0.00262 e. The van der Waals surface area contributed by atoms with Gasteiger partial charge in [0, 0.05) is 0 Å². The highest BCUT2D eigenvalue weighted by atomic mass is 14.2. The molecule has 278 valence electrons. The Kier molecular flexibility index (Phi) is 7.96. The van der Waals surface area contributed by atoms with Gasteiger partial charge in [-0.15, -0.1) is 0 Å². The van der Waals surface area contributed by atoms with E-state index in [0.717, 1.165) is 0 Å². The highest BCUT2D eigenvalue weighted by Gasteiger charge is 2.19.